The second-order valence-electron chi connectivity index (χ2n) is 12.6. The lowest BCUT2D eigenvalue weighted by Gasteiger charge is -2.54. The molecule has 3 fully saturated rings. The summed E-state index contributed by atoms with van der Waals surface area (Å²) in [7, 11) is 0. The van der Waals surface area contributed by atoms with E-state index in [1.165, 1.54) is 42.4 Å². The zero-order valence-electron chi connectivity index (χ0n) is 20.4. The van der Waals surface area contributed by atoms with Crippen molar-refractivity contribution in [3.8, 4) is 0 Å². The number of rotatable bonds is 5. The Kier molecular flexibility index (Phi) is 5.13. The summed E-state index contributed by atoms with van der Waals surface area (Å²) in [5.41, 5.74) is 4.26. The Morgan fingerprint density at radius 3 is 2.58 bits per heavy atom. The number of hydrogen-bond donors (Lipinski definition) is 2. The summed E-state index contributed by atoms with van der Waals surface area (Å²) in [5, 5.41) is 21.9. The average Bonchev–Trinajstić information content (AvgIpc) is 3.34. The predicted molar refractivity (Wildman–Crippen MR) is 125 cm³/mol. The summed E-state index contributed by atoms with van der Waals surface area (Å²) in [4.78, 5) is 0. The average molecular weight is 429 g/mol. The van der Waals surface area contributed by atoms with Crippen molar-refractivity contribution >= 4 is 0 Å². The Labute approximate surface area is 189 Å². The summed E-state index contributed by atoms with van der Waals surface area (Å²) in [6, 6.07) is 0. The van der Waals surface area contributed by atoms with Gasteiger partial charge in [0.1, 0.15) is 17.8 Å². The van der Waals surface area contributed by atoms with Crippen molar-refractivity contribution in [1.82, 2.24) is 0 Å². The van der Waals surface area contributed by atoms with Crippen LogP contribution in [-0.4, -0.2) is 34.1 Å². The van der Waals surface area contributed by atoms with Crippen LogP contribution in [0.3, 0.4) is 0 Å². The van der Waals surface area contributed by atoms with E-state index in [2.05, 4.69) is 41.2 Å². The van der Waals surface area contributed by atoms with E-state index in [1.807, 2.05) is 0 Å². The fourth-order valence-corrected chi connectivity index (χ4v) is 8.73. The third kappa shape index (κ3) is 2.95. The van der Waals surface area contributed by atoms with Gasteiger partial charge in [-0.15, -0.1) is 0 Å². The summed E-state index contributed by atoms with van der Waals surface area (Å²) in [6.07, 6.45) is 8.94. The number of allylic oxidation sites excluding steroid dienone is 1. The van der Waals surface area contributed by atoms with Crippen molar-refractivity contribution in [3.05, 3.63) is 23.3 Å². The molecule has 3 nitrogen and oxygen atoms in total. The minimum absolute atomic E-state index is 0.00545. The van der Waals surface area contributed by atoms with Crippen molar-refractivity contribution in [3.63, 3.8) is 0 Å². The van der Waals surface area contributed by atoms with Crippen molar-refractivity contribution in [2.45, 2.75) is 116 Å². The number of aliphatic hydroxyl groups is 2. The van der Waals surface area contributed by atoms with E-state index in [4.69, 9.17) is 4.74 Å². The molecule has 4 aliphatic carbocycles. The van der Waals surface area contributed by atoms with Crippen LogP contribution in [0.15, 0.2) is 23.3 Å². The molecule has 1 spiro atoms. The van der Waals surface area contributed by atoms with E-state index in [0.29, 0.717) is 24.2 Å². The van der Waals surface area contributed by atoms with Gasteiger partial charge < -0.3 is 14.9 Å². The number of epoxide rings is 1. The van der Waals surface area contributed by atoms with E-state index in [9.17, 15) is 10.2 Å². The van der Waals surface area contributed by atoms with Crippen LogP contribution in [0.2, 0.25) is 0 Å². The van der Waals surface area contributed by atoms with Gasteiger partial charge in [0.2, 0.25) is 0 Å². The van der Waals surface area contributed by atoms with Gasteiger partial charge in [0.25, 0.3) is 0 Å². The molecule has 0 aromatic heterocycles. The molecule has 2 saturated carbocycles. The number of hydrogen-bond acceptors (Lipinski definition) is 3. The second kappa shape index (κ2) is 7.18. The molecule has 31 heavy (non-hydrogen) atoms. The molecule has 1 aliphatic heterocycles. The van der Waals surface area contributed by atoms with Crippen molar-refractivity contribution < 1.29 is 14.9 Å². The van der Waals surface area contributed by atoms with Crippen LogP contribution >= 0.6 is 0 Å². The Bertz CT molecular complexity index is 798. The molecular formula is C28H44O3. The SMILES string of the molecule is C=C(CC[C@@H](C)[C@H]1CC[C@@H]2C3=C(CC[C@@]21C)[C@@]1(C)CC[C@H](O)C[C@@]12O[C@H]2[C@H]3O)C(C)C. The largest absolute Gasteiger partial charge is 0.393 e. The van der Waals surface area contributed by atoms with E-state index < -0.39 is 6.10 Å². The highest BCUT2D eigenvalue weighted by Gasteiger charge is 2.76. The van der Waals surface area contributed by atoms with Crippen molar-refractivity contribution in [1.29, 1.82) is 0 Å². The highest BCUT2D eigenvalue weighted by Crippen LogP contribution is 2.72. The Balaban J connectivity index is 1.42. The topological polar surface area (TPSA) is 53.0 Å². The van der Waals surface area contributed by atoms with E-state index in [1.54, 1.807) is 0 Å². The molecule has 0 aromatic carbocycles. The fourth-order valence-electron chi connectivity index (χ4n) is 8.73. The highest BCUT2D eigenvalue weighted by atomic mass is 16.6. The molecule has 0 radical (unpaired) electrons. The molecule has 5 aliphatic rings. The lowest BCUT2D eigenvalue weighted by molar-refractivity contribution is -0.00152. The number of aliphatic hydroxyl groups excluding tert-OH is 2. The van der Waals surface area contributed by atoms with Gasteiger partial charge in [-0.2, -0.15) is 0 Å². The Hall–Kier alpha value is -0.640. The van der Waals surface area contributed by atoms with Crippen molar-refractivity contribution in [2.75, 3.05) is 0 Å². The quantitative estimate of drug-likeness (QED) is 0.430. The maximum atomic E-state index is 11.5. The summed E-state index contributed by atoms with van der Waals surface area (Å²) < 4.78 is 6.33. The van der Waals surface area contributed by atoms with Crippen LogP contribution < -0.4 is 0 Å². The first-order chi connectivity index (χ1) is 14.5. The molecule has 5 rings (SSSR count). The smallest absolute Gasteiger partial charge is 0.118 e. The lowest BCUT2D eigenvalue weighted by Crippen LogP contribution is -2.55. The van der Waals surface area contributed by atoms with Gasteiger partial charge in [-0.25, -0.2) is 0 Å². The molecule has 1 heterocycles. The van der Waals surface area contributed by atoms with Gasteiger partial charge in [-0.05, 0) is 86.0 Å². The molecule has 2 N–H and O–H groups in total. The zero-order valence-corrected chi connectivity index (χ0v) is 20.4. The van der Waals surface area contributed by atoms with Gasteiger partial charge in [-0.1, -0.05) is 52.3 Å². The summed E-state index contributed by atoms with van der Waals surface area (Å²) in [5.74, 6) is 2.50. The number of ether oxygens (including phenoxy) is 1. The van der Waals surface area contributed by atoms with Crippen LogP contribution in [-0.2, 0) is 4.74 Å². The molecule has 1 saturated heterocycles. The molecule has 0 bridgehead atoms. The first-order valence-corrected chi connectivity index (χ1v) is 13.0. The van der Waals surface area contributed by atoms with Crippen molar-refractivity contribution in [2.24, 2.45) is 34.5 Å². The van der Waals surface area contributed by atoms with Crippen LogP contribution in [0.25, 0.3) is 0 Å². The summed E-state index contributed by atoms with van der Waals surface area (Å²) in [6.45, 7) is 16.2. The molecule has 0 aromatic rings. The Morgan fingerprint density at radius 1 is 1.13 bits per heavy atom. The third-order valence-corrected chi connectivity index (χ3v) is 10.9. The molecule has 9 atom stereocenters. The van der Waals surface area contributed by atoms with Gasteiger partial charge in [0.05, 0.1) is 6.10 Å². The normalized spacial score (nSPS) is 49.2. The highest BCUT2D eigenvalue weighted by molar-refractivity contribution is 5.45. The molecule has 174 valence electrons. The van der Waals surface area contributed by atoms with Crippen LogP contribution in [0.1, 0.15) is 92.4 Å². The zero-order chi connectivity index (χ0) is 22.3. The minimum Gasteiger partial charge on any atom is -0.393 e. The fraction of sp³-hybridized carbons (Fsp3) is 0.857. The van der Waals surface area contributed by atoms with E-state index in [-0.39, 0.29) is 28.6 Å². The van der Waals surface area contributed by atoms with Gasteiger partial charge in [0, 0.05) is 11.8 Å². The lowest BCUT2D eigenvalue weighted by atomic mass is 9.49. The Morgan fingerprint density at radius 2 is 1.87 bits per heavy atom. The predicted octanol–water partition coefficient (Wildman–Crippen LogP) is 5.80. The first-order valence-electron chi connectivity index (χ1n) is 13.0. The molecule has 0 unspecified atom stereocenters. The van der Waals surface area contributed by atoms with E-state index in [0.717, 1.165) is 31.6 Å². The molecule has 0 amide bonds. The maximum absolute atomic E-state index is 11.5. The van der Waals surface area contributed by atoms with Crippen LogP contribution in [0, 0.1) is 34.5 Å². The van der Waals surface area contributed by atoms with E-state index >= 15 is 0 Å². The maximum Gasteiger partial charge on any atom is 0.118 e. The van der Waals surface area contributed by atoms with Gasteiger partial charge in [-0.3, -0.25) is 0 Å². The van der Waals surface area contributed by atoms with Crippen LogP contribution in [0.5, 0.6) is 0 Å². The molecule has 3 heteroatoms. The molecular weight excluding hydrogens is 384 g/mol. The van der Waals surface area contributed by atoms with Crippen LogP contribution in [0.4, 0.5) is 0 Å². The summed E-state index contributed by atoms with van der Waals surface area (Å²) >= 11 is 0. The number of fused-ring (bicyclic) bond motifs is 3. The van der Waals surface area contributed by atoms with Gasteiger partial charge >= 0.3 is 0 Å². The monoisotopic (exact) mass is 428 g/mol. The third-order valence-electron chi connectivity index (χ3n) is 10.9. The second-order valence-corrected chi connectivity index (χ2v) is 12.6. The minimum atomic E-state index is -0.465. The standard InChI is InChI=1S/C28H44O3/c1-16(2)17(3)7-8-18(4)20-9-10-21-23-22(12-13-26(20,21)5)27(6)14-11-19(29)15-28(27)25(31-28)24(23)30/h16,18-21,24-25,29-30H,3,7-15H2,1-2,4-6H3/t18-,19+,20-,21-,24+,25+,26-,27-,28+/m1/s1. The first kappa shape index (κ1) is 22.2. The van der Waals surface area contributed by atoms with Gasteiger partial charge in [0.15, 0.2) is 0 Å².